The van der Waals surface area contributed by atoms with E-state index in [0.717, 1.165) is 12.8 Å². The number of carboxylic acids is 1. The second-order valence-corrected chi connectivity index (χ2v) is 5.03. The van der Waals surface area contributed by atoms with Gasteiger partial charge in [-0.15, -0.1) is 0 Å². The lowest BCUT2D eigenvalue weighted by atomic mass is 10.2. The first-order valence-electron chi connectivity index (χ1n) is 6.24. The molecule has 6 nitrogen and oxygen atoms in total. The Labute approximate surface area is 121 Å². The van der Waals surface area contributed by atoms with Gasteiger partial charge in [-0.05, 0) is 31.0 Å². The quantitative estimate of drug-likeness (QED) is 0.796. The van der Waals surface area contributed by atoms with Crippen LogP contribution >= 0.6 is 11.6 Å². The summed E-state index contributed by atoms with van der Waals surface area (Å²) in [5.74, 6) is -1.14. The highest BCUT2D eigenvalue weighted by atomic mass is 35.5. The first-order chi connectivity index (χ1) is 9.52. The van der Waals surface area contributed by atoms with Gasteiger partial charge >= 0.3 is 12.0 Å². The Morgan fingerprint density at radius 1 is 1.45 bits per heavy atom. The number of amides is 2. The summed E-state index contributed by atoms with van der Waals surface area (Å²) in [6.45, 7) is 0.439. The lowest BCUT2D eigenvalue weighted by Gasteiger charge is -2.23. The number of nitrogens with zero attached hydrogens (tertiary/aromatic N) is 1. The summed E-state index contributed by atoms with van der Waals surface area (Å²) in [5, 5.41) is 21.2. The lowest BCUT2D eigenvalue weighted by Crippen LogP contribution is -2.40. The summed E-state index contributed by atoms with van der Waals surface area (Å²) >= 11 is 5.82. The number of anilines is 1. The van der Waals surface area contributed by atoms with Crippen molar-refractivity contribution in [2.75, 3.05) is 18.5 Å². The van der Waals surface area contributed by atoms with E-state index >= 15 is 0 Å². The molecule has 0 aliphatic carbocycles. The molecule has 0 saturated carbocycles. The summed E-state index contributed by atoms with van der Waals surface area (Å²) in [6, 6.07) is 3.54. The van der Waals surface area contributed by atoms with Crippen molar-refractivity contribution in [2.45, 2.75) is 18.9 Å². The molecule has 2 rings (SSSR count). The number of rotatable bonds is 3. The van der Waals surface area contributed by atoms with E-state index in [-0.39, 0.29) is 23.9 Å². The fourth-order valence-electron chi connectivity index (χ4n) is 2.29. The van der Waals surface area contributed by atoms with Crippen LogP contribution < -0.4 is 5.32 Å². The Kier molecular flexibility index (Phi) is 4.46. The van der Waals surface area contributed by atoms with Crippen LogP contribution in [0.15, 0.2) is 18.2 Å². The molecule has 1 atom stereocenters. The zero-order valence-electron chi connectivity index (χ0n) is 10.7. The predicted octanol–water partition coefficient (Wildman–Crippen LogP) is 2.03. The van der Waals surface area contributed by atoms with Gasteiger partial charge < -0.3 is 20.4 Å². The maximum atomic E-state index is 12.1. The van der Waals surface area contributed by atoms with Crippen LogP contribution in [0.3, 0.4) is 0 Å². The largest absolute Gasteiger partial charge is 0.478 e. The SMILES string of the molecule is O=C(O)c1ccc(Cl)cc1NC(=O)N1CCCC1CO. The lowest BCUT2D eigenvalue weighted by molar-refractivity contribution is 0.0698. The van der Waals surface area contributed by atoms with Crippen LogP contribution in [0.5, 0.6) is 0 Å². The van der Waals surface area contributed by atoms with E-state index in [1.807, 2.05) is 0 Å². The highest BCUT2D eigenvalue weighted by Gasteiger charge is 2.28. The Hall–Kier alpha value is -1.79. The molecule has 0 radical (unpaired) electrons. The number of urea groups is 1. The molecule has 0 spiro atoms. The number of halogens is 1. The van der Waals surface area contributed by atoms with Gasteiger partial charge in [-0.2, -0.15) is 0 Å². The van der Waals surface area contributed by atoms with Gasteiger partial charge in [0.05, 0.1) is 23.9 Å². The van der Waals surface area contributed by atoms with Gasteiger partial charge in [0.1, 0.15) is 0 Å². The van der Waals surface area contributed by atoms with Crippen LogP contribution in [-0.2, 0) is 0 Å². The Morgan fingerprint density at radius 3 is 2.85 bits per heavy atom. The molecule has 1 saturated heterocycles. The van der Waals surface area contributed by atoms with Crippen LogP contribution in [0.25, 0.3) is 0 Å². The molecule has 1 aliphatic heterocycles. The molecule has 20 heavy (non-hydrogen) atoms. The number of aliphatic hydroxyl groups is 1. The van der Waals surface area contributed by atoms with E-state index in [0.29, 0.717) is 11.6 Å². The van der Waals surface area contributed by atoms with Crippen molar-refractivity contribution in [3.05, 3.63) is 28.8 Å². The number of benzene rings is 1. The molecule has 1 heterocycles. The van der Waals surface area contributed by atoms with E-state index in [2.05, 4.69) is 5.32 Å². The van der Waals surface area contributed by atoms with Gasteiger partial charge in [-0.1, -0.05) is 11.6 Å². The number of carbonyl (C=O) groups excluding carboxylic acids is 1. The fraction of sp³-hybridized carbons (Fsp3) is 0.385. The van der Waals surface area contributed by atoms with Crippen LogP contribution in [-0.4, -0.2) is 46.3 Å². The average Bonchev–Trinajstić information content (AvgIpc) is 2.86. The number of hydrogen-bond donors (Lipinski definition) is 3. The van der Waals surface area contributed by atoms with Crippen molar-refractivity contribution in [2.24, 2.45) is 0 Å². The highest BCUT2D eigenvalue weighted by molar-refractivity contribution is 6.31. The van der Waals surface area contributed by atoms with E-state index in [1.54, 1.807) is 0 Å². The fourth-order valence-corrected chi connectivity index (χ4v) is 2.46. The van der Waals surface area contributed by atoms with Crippen LogP contribution in [0.2, 0.25) is 5.02 Å². The molecule has 3 N–H and O–H groups in total. The first kappa shape index (κ1) is 14.6. The van der Waals surface area contributed by atoms with Crippen molar-refractivity contribution in [1.29, 1.82) is 0 Å². The minimum absolute atomic E-state index is 0.0255. The van der Waals surface area contributed by atoms with E-state index < -0.39 is 12.0 Å². The third-order valence-corrected chi connectivity index (χ3v) is 3.54. The molecule has 2 amide bonds. The normalized spacial score (nSPS) is 18.1. The topological polar surface area (TPSA) is 89.9 Å². The van der Waals surface area contributed by atoms with Gasteiger partial charge in [0.25, 0.3) is 0 Å². The second kappa shape index (κ2) is 6.11. The minimum Gasteiger partial charge on any atom is -0.478 e. The van der Waals surface area contributed by atoms with Crippen LogP contribution in [0, 0.1) is 0 Å². The number of hydrogen-bond acceptors (Lipinski definition) is 3. The second-order valence-electron chi connectivity index (χ2n) is 4.60. The number of carboxylic acid groups (broad SMARTS) is 1. The molecule has 0 bridgehead atoms. The third-order valence-electron chi connectivity index (χ3n) is 3.30. The number of likely N-dealkylation sites (tertiary alicyclic amines) is 1. The first-order valence-corrected chi connectivity index (χ1v) is 6.62. The number of aromatic carboxylic acids is 1. The number of aliphatic hydroxyl groups excluding tert-OH is 1. The summed E-state index contributed by atoms with van der Waals surface area (Å²) in [4.78, 5) is 24.8. The predicted molar refractivity (Wildman–Crippen MR) is 74.2 cm³/mol. The zero-order chi connectivity index (χ0) is 14.7. The monoisotopic (exact) mass is 298 g/mol. The number of nitrogens with one attached hydrogen (secondary N) is 1. The summed E-state index contributed by atoms with van der Waals surface area (Å²) < 4.78 is 0. The Bertz CT molecular complexity index is 535. The minimum atomic E-state index is -1.14. The van der Waals surface area contributed by atoms with Crippen molar-refractivity contribution < 1.29 is 19.8 Å². The summed E-state index contributed by atoms with van der Waals surface area (Å²) in [6.07, 6.45) is 1.56. The Morgan fingerprint density at radius 2 is 2.20 bits per heavy atom. The molecule has 108 valence electrons. The molecule has 1 aromatic carbocycles. The molecule has 7 heteroatoms. The molecular weight excluding hydrogens is 284 g/mol. The van der Waals surface area contributed by atoms with Gasteiger partial charge in [-0.25, -0.2) is 9.59 Å². The number of carbonyl (C=O) groups is 2. The highest BCUT2D eigenvalue weighted by Crippen LogP contribution is 2.23. The van der Waals surface area contributed by atoms with Gasteiger partial charge in [-0.3, -0.25) is 0 Å². The Balaban J connectivity index is 2.19. The van der Waals surface area contributed by atoms with Crippen molar-refractivity contribution >= 4 is 29.3 Å². The molecule has 1 fully saturated rings. The third kappa shape index (κ3) is 3.02. The zero-order valence-corrected chi connectivity index (χ0v) is 11.4. The summed E-state index contributed by atoms with van der Waals surface area (Å²) in [7, 11) is 0. The van der Waals surface area contributed by atoms with Gasteiger partial charge in [0, 0.05) is 11.6 Å². The van der Waals surface area contributed by atoms with E-state index in [9.17, 15) is 14.7 Å². The molecule has 0 aromatic heterocycles. The van der Waals surface area contributed by atoms with Crippen molar-refractivity contribution in [3.63, 3.8) is 0 Å². The average molecular weight is 299 g/mol. The molecular formula is C13H15ClN2O4. The molecule has 1 unspecified atom stereocenters. The summed E-state index contributed by atoms with van der Waals surface area (Å²) in [5.41, 5.74) is 0.126. The van der Waals surface area contributed by atoms with Gasteiger partial charge in [0.15, 0.2) is 0 Å². The standard InChI is InChI=1S/C13H15ClN2O4/c14-8-3-4-10(12(18)19)11(6-8)15-13(20)16-5-1-2-9(16)7-17/h3-4,6,9,17H,1-2,5,7H2,(H,15,20)(H,18,19). The molecule has 1 aliphatic rings. The van der Waals surface area contributed by atoms with Crippen LogP contribution in [0.4, 0.5) is 10.5 Å². The van der Waals surface area contributed by atoms with Crippen molar-refractivity contribution in [3.8, 4) is 0 Å². The smallest absolute Gasteiger partial charge is 0.337 e. The van der Waals surface area contributed by atoms with Crippen LogP contribution in [0.1, 0.15) is 23.2 Å². The maximum Gasteiger partial charge on any atom is 0.337 e. The molecule has 1 aromatic rings. The maximum absolute atomic E-state index is 12.1. The van der Waals surface area contributed by atoms with E-state index in [1.165, 1.54) is 23.1 Å². The van der Waals surface area contributed by atoms with Crippen molar-refractivity contribution in [1.82, 2.24) is 4.90 Å². The van der Waals surface area contributed by atoms with E-state index in [4.69, 9.17) is 16.7 Å². The van der Waals surface area contributed by atoms with Gasteiger partial charge in [0.2, 0.25) is 0 Å².